The highest BCUT2D eigenvalue weighted by molar-refractivity contribution is 9.10. The van der Waals surface area contributed by atoms with Gasteiger partial charge in [-0.2, -0.15) is 0 Å². The molecule has 0 saturated carbocycles. The Morgan fingerprint density at radius 1 is 1.33 bits per heavy atom. The van der Waals surface area contributed by atoms with Crippen LogP contribution in [0.1, 0.15) is 35.7 Å². The molecule has 0 spiro atoms. The number of ether oxygens (including phenoxy) is 1. The summed E-state index contributed by atoms with van der Waals surface area (Å²) in [7, 11) is 0. The molecule has 0 unspecified atom stereocenters. The van der Waals surface area contributed by atoms with E-state index in [1.165, 1.54) is 0 Å². The number of piperidine rings is 1. The minimum absolute atomic E-state index is 0.0212. The third-order valence-electron chi connectivity index (χ3n) is 3.82. The van der Waals surface area contributed by atoms with E-state index < -0.39 is 0 Å². The lowest BCUT2D eigenvalue weighted by Crippen LogP contribution is -2.40. The van der Waals surface area contributed by atoms with Gasteiger partial charge in [0.1, 0.15) is 0 Å². The zero-order valence-electron chi connectivity index (χ0n) is 12.4. The summed E-state index contributed by atoms with van der Waals surface area (Å²) in [6.45, 7) is 5.39. The Morgan fingerprint density at radius 2 is 2.00 bits per heavy atom. The van der Waals surface area contributed by atoms with Gasteiger partial charge in [-0.05, 0) is 54.2 Å². The molecular formula is C16H20BrNO3. The van der Waals surface area contributed by atoms with Crippen molar-refractivity contribution in [1.82, 2.24) is 4.90 Å². The van der Waals surface area contributed by atoms with Crippen molar-refractivity contribution >= 4 is 27.8 Å². The van der Waals surface area contributed by atoms with Gasteiger partial charge in [0.2, 0.25) is 0 Å². The van der Waals surface area contributed by atoms with Crippen LogP contribution in [0.25, 0.3) is 0 Å². The molecule has 2 rings (SSSR count). The van der Waals surface area contributed by atoms with Gasteiger partial charge in [0.05, 0.1) is 18.1 Å². The first-order valence-electron chi connectivity index (χ1n) is 7.25. The molecule has 1 aromatic carbocycles. The van der Waals surface area contributed by atoms with Crippen LogP contribution in [0, 0.1) is 12.8 Å². The highest BCUT2D eigenvalue weighted by atomic mass is 79.9. The number of likely N-dealkylation sites (tertiary alicyclic amines) is 1. The maximum absolute atomic E-state index is 12.6. The molecule has 1 saturated heterocycles. The number of esters is 1. The largest absolute Gasteiger partial charge is 0.466 e. The normalized spacial score (nSPS) is 15.9. The van der Waals surface area contributed by atoms with Crippen molar-refractivity contribution in [2.75, 3.05) is 19.7 Å². The van der Waals surface area contributed by atoms with E-state index in [9.17, 15) is 9.59 Å². The Morgan fingerprint density at radius 3 is 2.62 bits per heavy atom. The van der Waals surface area contributed by atoms with Crippen LogP contribution in [0.2, 0.25) is 0 Å². The zero-order valence-corrected chi connectivity index (χ0v) is 14.0. The second-order valence-electron chi connectivity index (χ2n) is 5.25. The molecule has 1 aliphatic rings. The Kier molecular flexibility index (Phi) is 5.39. The fourth-order valence-electron chi connectivity index (χ4n) is 2.56. The molecule has 1 amide bonds. The van der Waals surface area contributed by atoms with Gasteiger partial charge in [-0.3, -0.25) is 9.59 Å². The number of rotatable bonds is 3. The van der Waals surface area contributed by atoms with E-state index in [4.69, 9.17) is 4.74 Å². The Balaban J connectivity index is 2.00. The van der Waals surface area contributed by atoms with Gasteiger partial charge in [0.15, 0.2) is 0 Å². The average Bonchev–Trinajstić information content (AvgIpc) is 2.50. The maximum atomic E-state index is 12.6. The fraction of sp³-hybridized carbons (Fsp3) is 0.500. The van der Waals surface area contributed by atoms with Crippen LogP contribution < -0.4 is 0 Å². The third-order valence-corrected chi connectivity index (χ3v) is 4.88. The van der Waals surface area contributed by atoms with E-state index in [0.717, 1.165) is 10.0 Å². The fourth-order valence-corrected chi connectivity index (χ4v) is 3.00. The Bertz CT molecular complexity index is 536. The van der Waals surface area contributed by atoms with Crippen LogP contribution in [0.15, 0.2) is 22.7 Å². The zero-order chi connectivity index (χ0) is 15.4. The predicted octanol–water partition coefficient (Wildman–Crippen LogP) is 3.17. The summed E-state index contributed by atoms with van der Waals surface area (Å²) < 4.78 is 5.90. The molecule has 0 N–H and O–H groups in total. The van der Waals surface area contributed by atoms with Crippen LogP contribution >= 0.6 is 15.9 Å². The van der Waals surface area contributed by atoms with E-state index in [-0.39, 0.29) is 17.8 Å². The lowest BCUT2D eigenvalue weighted by molar-refractivity contribution is -0.149. The number of hydrogen-bond acceptors (Lipinski definition) is 3. The molecule has 1 heterocycles. The summed E-state index contributed by atoms with van der Waals surface area (Å²) in [4.78, 5) is 26.1. The molecule has 4 nitrogen and oxygen atoms in total. The van der Waals surface area contributed by atoms with Crippen molar-refractivity contribution < 1.29 is 14.3 Å². The number of benzene rings is 1. The first-order valence-corrected chi connectivity index (χ1v) is 8.05. The second-order valence-corrected chi connectivity index (χ2v) is 6.05. The minimum Gasteiger partial charge on any atom is -0.466 e. The first-order chi connectivity index (χ1) is 10.0. The molecule has 1 fully saturated rings. The quantitative estimate of drug-likeness (QED) is 0.784. The van der Waals surface area contributed by atoms with Crippen molar-refractivity contribution in [2.45, 2.75) is 26.7 Å². The highest BCUT2D eigenvalue weighted by Gasteiger charge is 2.29. The number of hydrogen-bond donors (Lipinski definition) is 0. The summed E-state index contributed by atoms with van der Waals surface area (Å²) in [6, 6.07) is 5.68. The molecule has 1 aromatic rings. The number of nitrogens with zero attached hydrogens (tertiary/aromatic N) is 1. The van der Waals surface area contributed by atoms with Gasteiger partial charge in [0, 0.05) is 17.6 Å². The molecule has 0 radical (unpaired) electrons. The van der Waals surface area contributed by atoms with Crippen molar-refractivity contribution in [2.24, 2.45) is 5.92 Å². The van der Waals surface area contributed by atoms with Crippen LogP contribution in [0.3, 0.4) is 0 Å². The Hall–Kier alpha value is -1.36. The number of amides is 1. The third kappa shape index (κ3) is 3.64. The molecule has 0 aromatic heterocycles. The van der Waals surface area contributed by atoms with Crippen LogP contribution in [-0.4, -0.2) is 36.5 Å². The standard InChI is InChI=1S/C16H20BrNO3/c1-3-21-16(20)12-7-9-18(10-8-12)15(19)13-6-4-5-11(2)14(13)17/h4-6,12H,3,7-10H2,1-2H3. The van der Waals surface area contributed by atoms with Gasteiger partial charge in [0.25, 0.3) is 5.91 Å². The van der Waals surface area contributed by atoms with Gasteiger partial charge in [-0.25, -0.2) is 0 Å². The second kappa shape index (κ2) is 7.07. The molecular weight excluding hydrogens is 334 g/mol. The van der Waals surface area contributed by atoms with E-state index in [0.29, 0.717) is 38.1 Å². The number of halogens is 1. The predicted molar refractivity (Wildman–Crippen MR) is 84.1 cm³/mol. The van der Waals surface area contributed by atoms with Crippen molar-refractivity contribution in [3.63, 3.8) is 0 Å². The van der Waals surface area contributed by atoms with E-state index in [1.54, 1.807) is 0 Å². The first kappa shape index (κ1) is 16.0. The summed E-state index contributed by atoms with van der Waals surface area (Å²) in [5, 5.41) is 0. The summed E-state index contributed by atoms with van der Waals surface area (Å²) in [6.07, 6.45) is 1.35. The van der Waals surface area contributed by atoms with E-state index in [2.05, 4.69) is 15.9 Å². The van der Waals surface area contributed by atoms with Gasteiger partial charge < -0.3 is 9.64 Å². The SMILES string of the molecule is CCOC(=O)C1CCN(C(=O)c2cccc(C)c2Br)CC1. The van der Waals surface area contributed by atoms with E-state index >= 15 is 0 Å². The summed E-state index contributed by atoms with van der Waals surface area (Å²) in [5.41, 5.74) is 1.73. The van der Waals surface area contributed by atoms with Crippen molar-refractivity contribution in [3.8, 4) is 0 Å². The lowest BCUT2D eigenvalue weighted by Gasteiger charge is -2.31. The average molecular weight is 354 g/mol. The number of carbonyl (C=O) groups is 2. The van der Waals surface area contributed by atoms with Crippen LogP contribution in [-0.2, 0) is 9.53 Å². The van der Waals surface area contributed by atoms with Gasteiger partial charge >= 0.3 is 5.97 Å². The topological polar surface area (TPSA) is 46.6 Å². The smallest absolute Gasteiger partial charge is 0.309 e. The molecule has 0 atom stereocenters. The van der Waals surface area contributed by atoms with Crippen molar-refractivity contribution in [1.29, 1.82) is 0 Å². The maximum Gasteiger partial charge on any atom is 0.309 e. The molecule has 21 heavy (non-hydrogen) atoms. The molecule has 1 aliphatic heterocycles. The van der Waals surface area contributed by atoms with Gasteiger partial charge in [-0.15, -0.1) is 0 Å². The number of carbonyl (C=O) groups excluding carboxylic acids is 2. The molecule has 5 heteroatoms. The van der Waals surface area contributed by atoms with Crippen molar-refractivity contribution in [3.05, 3.63) is 33.8 Å². The number of aryl methyl sites for hydroxylation is 1. The molecule has 0 aliphatic carbocycles. The van der Waals surface area contributed by atoms with Gasteiger partial charge in [-0.1, -0.05) is 12.1 Å². The van der Waals surface area contributed by atoms with E-state index in [1.807, 2.05) is 36.9 Å². The van der Waals surface area contributed by atoms with Crippen LogP contribution in [0.5, 0.6) is 0 Å². The highest BCUT2D eigenvalue weighted by Crippen LogP contribution is 2.25. The summed E-state index contributed by atoms with van der Waals surface area (Å²) >= 11 is 3.48. The van der Waals surface area contributed by atoms with Crippen LogP contribution in [0.4, 0.5) is 0 Å². The summed E-state index contributed by atoms with van der Waals surface area (Å²) in [5.74, 6) is -0.191. The Labute approximate surface area is 133 Å². The lowest BCUT2D eigenvalue weighted by atomic mass is 9.96. The monoisotopic (exact) mass is 353 g/mol. The molecule has 0 bridgehead atoms. The molecule has 114 valence electrons. The minimum atomic E-state index is -0.138.